The SMILES string of the molecule is COC(=O)[C@@H]1C[C@@H](OC)CN1S(=O)(=O)CCc1ccccc1. The van der Waals surface area contributed by atoms with Crippen molar-refractivity contribution in [3.63, 3.8) is 0 Å². The number of sulfonamides is 1. The fourth-order valence-corrected chi connectivity index (χ4v) is 4.29. The second-order valence-corrected chi connectivity index (χ2v) is 7.29. The largest absolute Gasteiger partial charge is 0.468 e. The Morgan fingerprint density at radius 2 is 1.95 bits per heavy atom. The molecule has 122 valence electrons. The molecule has 1 saturated heterocycles. The van der Waals surface area contributed by atoms with Crippen LogP contribution in [-0.4, -0.2) is 57.4 Å². The van der Waals surface area contributed by atoms with Gasteiger partial charge in [-0.3, -0.25) is 4.79 Å². The van der Waals surface area contributed by atoms with Gasteiger partial charge in [0, 0.05) is 20.1 Å². The maximum atomic E-state index is 12.6. The molecule has 0 bridgehead atoms. The molecule has 0 N–H and O–H groups in total. The summed E-state index contributed by atoms with van der Waals surface area (Å²) < 4.78 is 36.3. The molecular weight excluding hydrogens is 306 g/mol. The van der Waals surface area contributed by atoms with Crippen LogP contribution >= 0.6 is 0 Å². The highest BCUT2D eigenvalue weighted by molar-refractivity contribution is 7.89. The molecule has 0 unspecified atom stereocenters. The van der Waals surface area contributed by atoms with Crippen molar-refractivity contribution < 1.29 is 22.7 Å². The molecule has 7 heteroatoms. The van der Waals surface area contributed by atoms with Gasteiger partial charge < -0.3 is 9.47 Å². The Bertz CT molecular complexity index is 602. The summed E-state index contributed by atoms with van der Waals surface area (Å²) in [6, 6.07) is 8.60. The molecule has 0 radical (unpaired) electrons. The number of ether oxygens (including phenoxy) is 2. The van der Waals surface area contributed by atoms with Crippen LogP contribution in [0.2, 0.25) is 0 Å². The Morgan fingerprint density at radius 1 is 1.27 bits per heavy atom. The second kappa shape index (κ2) is 7.21. The molecule has 22 heavy (non-hydrogen) atoms. The van der Waals surface area contributed by atoms with Crippen molar-refractivity contribution in [2.45, 2.75) is 25.0 Å². The van der Waals surface area contributed by atoms with E-state index in [1.54, 1.807) is 0 Å². The van der Waals surface area contributed by atoms with Gasteiger partial charge in [-0.2, -0.15) is 4.31 Å². The molecule has 2 atom stereocenters. The number of benzene rings is 1. The first-order valence-electron chi connectivity index (χ1n) is 7.12. The summed E-state index contributed by atoms with van der Waals surface area (Å²) in [5.41, 5.74) is 0.947. The Labute approximate surface area is 131 Å². The lowest BCUT2D eigenvalue weighted by atomic mass is 10.2. The first-order valence-corrected chi connectivity index (χ1v) is 8.73. The van der Waals surface area contributed by atoms with Crippen LogP contribution < -0.4 is 0 Å². The summed E-state index contributed by atoms with van der Waals surface area (Å²) in [7, 11) is -0.779. The van der Waals surface area contributed by atoms with Crippen LogP contribution in [0.15, 0.2) is 30.3 Å². The molecule has 0 saturated carbocycles. The lowest BCUT2D eigenvalue weighted by Gasteiger charge is -2.21. The number of nitrogens with zero attached hydrogens (tertiary/aromatic N) is 1. The van der Waals surface area contributed by atoms with Crippen molar-refractivity contribution >= 4 is 16.0 Å². The normalized spacial score (nSPS) is 22.6. The van der Waals surface area contributed by atoms with E-state index in [2.05, 4.69) is 0 Å². The van der Waals surface area contributed by atoms with Gasteiger partial charge >= 0.3 is 5.97 Å². The van der Waals surface area contributed by atoms with E-state index in [1.165, 1.54) is 18.5 Å². The Kier molecular flexibility index (Phi) is 5.55. The van der Waals surface area contributed by atoms with E-state index in [-0.39, 0.29) is 18.4 Å². The molecule has 6 nitrogen and oxygen atoms in total. The average Bonchev–Trinajstić information content (AvgIpc) is 2.98. The molecule has 1 aliphatic rings. The standard InChI is InChI=1S/C15H21NO5S/c1-20-13-10-14(15(17)21-2)16(11-13)22(18,19)9-8-12-6-4-3-5-7-12/h3-7,13-14H,8-11H2,1-2H3/t13-,14+/m1/s1. The van der Waals surface area contributed by atoms with Gasteiger partial charge in [-0.15, -0.1) is 0 Å². The second-order valence-electron chi connectivity index (χ2n) is 5.25. The van der Waals surface area contributed by atoms with Crippen LogP contribution in [0.4, 0.5) is 0 Å². The van der Waals surface area contributed by atoms with Gasteiger partial charge in [0.15, 0.2) is 0 Å². The molecule has 2 rings (SSSR count). The third-order valence-corrected chi connectivity index (χ3v) is 5.71. The smallest absolute Gasteiger partial charge is 0.324 e. The number of carbonyl (C=O) groups is 1. The quantitative estimate of drug-likeness (QED) is 0.723. The monoisotopic (exact) mass is 327 g/mol. The van der Waals surface area contributed by atoms with Crippen LogP contribution in [0, 0.1) is 0 Å². The zero-order valence-electron chi connectivity index (χ0n) is 12.8. The van der Waals surface area contributed by atoms with Crippen molar-refractivity contribution in [2.24, 2.45) is 0 Å². The molecule has 1 aromatic rings. The summed E-state index contributed by atoms with van der Waals surface area (Å²) in [6.07, 6.45) is 0.453. The molecule has 0 aliphatic carbocycles. The van der Waals surface area contributed by atoms with Crippen molar-refractivity contribution in [3.05, 3.63) is 35.9 Å². The summed E-state index contributed by atoms with van der Waals surface area (Å²) in [6.45, 7) is 0.188. The number of hydrogen-bond acceptors (Lipinski definition) is 5. The van der Waals surface area contributed by atoms with Crippen molar-refractivity contribution in [1.82, 2.24) is 4.31 Å². The van der Waals surface area contributed by atoms with Gasteiger partial charge in [-0.05, 0) is 12.0 Å². The maximum Gasteiger partial charge on any atom is 0.324 e. The van der Waals surface area contributed by atoms with E-state index in [0.29, 0.717) is 12.8 Å². The molecular formula is C15H21NO5S. The highest BCUT2D eigenvalue weighted by Gasteiger charge is 2.43. The Hall–Kier alpha value is -1.44. The van der Waals surface area contributed by atoms with Crippen LogP contribution in [-0.2, 0) is 30.7 Å². The number of aryl methyl sites for hydroxylation is 1. The zero-order chi connectivity index (χ0) is 16.2. The fraction of sp³-hybridized carbons (Fsp3) is 0.533. The third-order valence-electron chi connectivity index (χ3n) is 3.87. The first kappa shape index (κ1) is 16.9. The molecule has 1 aromatic carbocycles. The average molecular weight is 327 g/mol. The van der Waals surface area contributed by atoms with Gasteiger partial charge in [-0.1, -0.05) is 30.3 Å². The highest BCUT2D eigenvalue weighted by Crippen LogP contribution is 2.25. The molecule has 1 heterocycles. The maximum absolute atomic E-state index is 12.6. The van der Waals surface area contributed by atoms with Crippen LogP contribution in [0.3, 0.4) is 0 Å². The number of esters is 1. The van der Waals surface area contributed by atoms with Crippen molar-refractivity contribution in [1.29, 1.82) is 0 Å². The van der Waals surface area contributed by atoms with Crippen LogP contribution in [0.1, 0.15) is 12.0 Å². The molecule has 0 aromatic heterocycles. The van der Waals surface area contributed by atoms with E-state index < -0.39 is 22.0 Å². The van der Waals surface area contributed by atoms with Crippen LogP contribution in [0.25, 0.3) is 0 Å². The minimum atomic E-state index is -3.55. The minimum Gasteiger partial charge on any atom is -0.468 e. The van der Waals surface area contributed by atoms with Crippen molar-refractivity contribution in [2.75, 3.05) is 26.5 Å². The van der Waals surface area contributed by atoms with E-state index in [4.69, 9.17) is 9.47 Å². The van der Waals surface area contributed by atoms with Gasteiger partial charge in [0.2, 0.25) is 10.0 Å². The number of hydrogen-bond donors (Lipinski definition) is 0. The highest BCUT2D eigenvalue weighted by atomic mass is 32.2. The zero-order valence-corrected chi connectivity index (χ0v) is 13.6. The summed E-state index contributed by atoms with van der Waals surface area (Å²) >= 11 is 0. The predicted octanol–water partition coefficient (Wildman–Crippen LogP) is 0.821. The topological polar surface area (TPSA) is 72.9 Å². The molecule has 1 aliphatic heterocycles. The minimum absolute atomic E-state index is 0.0407. The number of methoxy groups -OCH3 is 2. The van der Waals surface area contributed by atoms with Gasteiger partial charge in [0.25, 0.3) is 0 Å². The summed E-state index contributed by atoms with van der Waals surface area (Å²) in [4.78, 5) is 11.8. The molecule has 1 fully saturated rings. The lowest BCUT2D eigenvalue weighted by Crippen LogP contribution is -2.42. The van der Waals surface area contributed by atoms with E-state index in [0.717, 1.165) is 5.56 Å². The predicted molar refractivity (Wildman–Crippen MR) is 81.9 cm³/mol. The Morgan fingerprint density at radius 3 is 2.55 bits per heavy atom. The Balaban J connectivity index is 2.10. The summed E-state index contributed by atoms with van der Waals surface area (Å²) in [5, 5.41) is 0. The van der Waals surface area contributed by atoms with Crippen LogP contribution in [0.5, 0.6) is 0 Å². The lowest BCUT2D eigenvalue weighted by molar-refractivity contribution is -0.144. The van der Waals surface area contributed by atoms with Gasteiger partial charge in [0.1, 0.15) is 6.04 Å². The number of carbonyl (C=O) groups excluding carboxylic acids is 1. The number of rotatable bonds is 6. The van der Waals surface area contributed by atoms with Crippen molar-refractivity contribution in [3.8, 4) is 0 Å². The third kappa shape index (κ3) is 3.85. The molecule has 0 amide bonds. The first-order chi connectivity index (χ1) is 10.5. The van der Waals surface area contributed by atoms with E-state index >= 15 is 0 Å². The van der Waals surface area contributed by atoms with Gasteiger partial charge in [0.05, 0.1) is 19.0 Å². The fourth-order valence-electron chi connectivity index (χ4n) is 2.61. The summed E-state index contributed by atoms with van der Waals surface area (Å²) in [5.74, 6) is -0.580. The van der Waals surface area contributed by atoms with E-state index in [1.807, 2.05) is 30.3 Å². The van der Waals surface area contributed by atoms with Gasteiger partial charge in [-0.25, -0.2) is 8.42 Å². The van der Waals surface area contributed by atoms with E-state index in [9.17, 15) is 13.2 Å². The molecule has 0 spiro atoms.